The molecule has 1 amide bonds. The van der Waals surface area contributed by atoms with Crippen molar-refractivity contribution in [3.63, 3.8) is 0 Å². The number of benzene rings is 1. The Balaban J connectivity index is 1.71. The zero-order chi connectivity index (χ0) is 23.7. The molecule has 1 unspecified atom stereocenters. The Hall–Kier alpha value is -2.02. The molecule has 10 nitrogen and oxygen atoms in total. The molecular formula is C20H31N5O5S2. The molecule has 1 saturated heterocycles. The Morgan fingerprint density at radius 1 is 1.25 bits per heavy atom. The maximum atomic E-state index is 12.5. The van der Waals surface area contributed by atoms with Crippen molar-refractivity contribution in [1.82, 2.24) is 23.5 Å². The quantitative estimate of drug-likeness (QED) is 0.590. The summed E-state index contributed by atoms with van der Waals surface area (Å²) in [6.07, 6.45) is 3.24. The van der Waals surface area contributed by atoms with E-state index in [2.05, 4.69) is 10.3 Å². The first-order valence-corrected chi connectivity index (χ1v) is 13.9. The molecule has 0 bridgehead atoms. The minimum absolute atomic E-state index is 0.157. The van der Waals surface area contributed by atoms with Crippen molar-refractivity contribution in [2.75, 3.05) is 33.4 Å². The highest BCUT2D eigenvalue weighted by Crippen LogP contribution is 2.23. The number of nitrogens with one attached hydrogen (secondary N) is 1. The number of sulfonamides is 2. The van der Waals surface area contributed by atoms with E-state index < -0.39 is 20.0 Å². The van der Waals surface area contributed by atoms with Crippen LogP contribution >= 0.6 is 0 Å². The molecule has 1 aliphatic heterocycles. The molecule has 0 radical (unpaired) electrons. The van der Waals surface area contributed by atoms with E-state index in [1.54, 1.807) is 18.2 Å². The van der Waals surface area contributed by atoms with Gasteiger partial charge in [-0.25, -0.2) is 30.4 Å². The van der Waals surface area contributed by atoms with Gasteiger partial charge in [0.25, 0.3) is 0 Å². The summed E-state index contributed by atoms with van der Waals surface area (Å²) < 4.78 is 52.9. The first-order valence-electron chi connectivity index (χ1n) is 10.6. The van der Waals surface area contributed by atoms with Crippen molar-refractivity contribution in [3.8, 4) is 0 Å². The molecule has 0 spiro atoms. The summed E-state index contributed by atoms with van der Waals surface area (Å²) in [6, 6.07) is 4.67. The number of carbonyl (C=O) groups is 1. The van der Waals surface area contributed by atoms with Crippen LogP contribution < -0.4 is 5.32 Å². The highest BCUT2D eigenvalue weighted by molar-refractivity contribution is 7.89. The minimum atomic E-state index is -3.56. The summed E-state index contributed by atoms with van der Waals surface area (Å²) in [4.78, 5) is 17.3. The third kappa shape index (κ3) is 5.30. The molecule has 1 N–H and O–H groups in total. The molecule has 1 aromatic heterocycles. The molecule has 1 aliphatic rings. The van der Waals surface area contributed by atoms with E-state index in [1.807, 2.05) is 11.5 Å². The van der Waals surface area contributed by atoms with Crippen LogP contribution in [0.5, 0.6) is 0 Å². The van der Waals surface area contributed by atoms with Crippen LogP contribution in [0.4, 0.5) is 0 Å². The number of aromatic nitrogens is 2. The lowest BCUT2D eigenvalue weighted by molar-refractivity contribution is -0.122. The second kappa shape index (κ2) is 9.46. The number of imidazole rings is 1. The van der Waals surface area contributed by atoms with Gasteiger partial charge < -0.3 is 9.88 Å². The Labute approximate surface area is 189 Å². The maximum absolute atomic E-state index is 12.5. The van der Waals surface area contributed by atoms with E-state index in [0.29, 0.717) is 43.8 Å². The number of fused-ring (bicyclic) bond motifs is 1. The summed E-state index contributed by atoms with van der Waals surface area (Å²) in [5.74, 6) is 0.550. The third-order valence-electron chi connectivity index (χ3n) is 5.69. The lowest BCUT2D eigenvalue weighted by Gasteiger charge is -2.31. The Morgan fingerprint density at radius 3 is 2.59 bits per heavy atom. The number of carbonyl (C=O) groups excluding carboxylic acids is 1. The Morgan fingerprint density at radius 2 is 1.97 bits per heavy atom. The molecule has 3 rings (SSSR count). The van der Waals surface area contributed by atoms with Crippen molar-refractivity contribution in [1.29, 1.82) is 0 Å². The molecule has 2 heterocycles. The highest BCUT2D eigenvalue weighted by Gasteiger charge is 2.27. The summed E-state index contributed by atoms with van der Waals surface area (Å²) >= 11 is 0. The zero-order valence-corrected chi connectivity index (χ0v) is 20.5. The standard InChI is InChI=1S/C20H31N5O5S2/c1-5-25-18-9-8-16(32(29,30)23(2)3)13-17(18)22-19(25)10-11-20(26)21-15-7-6-12-24(14-15)31(4,27)28/h8-9,13,15H,5-7,10-12,14H2,1-4H3,(H,21,26). The van der Waals surface area contributed by atoms with Crippen molar-refractivity contribution in [3.05, 3.63) is 24.0 Å². The molecule has 12 heteroatoms. The van der Waals surface area contributed by atoms with Crippen LogP contribution in [-0.2, 0) is 37.8 Å². The smallest absolute Gasteiger partial charge is 0.242 e. The first-order chi connectivity index (χ1) is 14.9. The zero-order valence-electron chi connectivity index (χ0n) is 18.9. The largest absolute Gasteiger partial charge is 0.352 e. The predicted octanol–water partition coefficient (Wildman–Crippen LogP) is 0.779. The highest BCUT2D eigenvalue weighted by atomic mass is 32.2. The van der Waals surface area contributed by atoms with Crippen LogP contribution in [-0.4, -0.2) is 80.4 Å². The molecule has 1 fully saturated rings. The fourth-order valence-electron chi connectivity index (χ4n) is 3.96. The number of amides is 1. The van der Waals surface area contributed by atoms with Gasteiger partial charge in [0.2, 0.25) is 26.0 Å². The van der Waals surface area contributed by atoms with E-state index in [0.717, 1.165) is 16.2 Å². The van der Waals surface area contributed by atoms with Crippen LogP contribution in [0.15, 0.2) is 23.1 Å². The Bertz CT molecular complexity index is 1200. The van der Waals surface area contributed by atoms with Gasteiger partial charge in [0, 0.05) is 52.6 Å². The fraction of sp³-hybridized carbons (Fsp3) is 0.600. The number of nitrogens with zero attached hydrogens (tertiary/aromatic N) is 4. The normalized spacial score (nSPS) is 18.3. The van der Waals surface area contributed by atoms with E-state index in [-0.39, 0.29) is 23.3 Å². The average molecular weight is 486 g/mol. The van der Waals surface area contributed by atoms with Crippen LogP contribution in [0.2, 0.25) is 0 Å². The lowest BCUT2D eigenvalue weighted by atomic mass is 10.1. The van der Waals surface area contributed by atoms with E-state index in [4.69, 9.17) is 0 Å². The second-order valence-electron chi connectivity index (χ2n) is 8.24. The molecule has 1 atom stereocenters. The number of hydrogen-bond donors (Lipinski definition) is 1. The van der Waals surface area contributed by atoms with Gasteiger partial charge in [-0.05, 0) is 38.0 Å². The molecule has 0 aliphatic carbocycles. The monoisotopic (exact) mass is 485 g/mol. The van der Waals surface area contributed by atoms with Crippen molar-refractivity contribution in [2.24, 2.45) is 0 Å². The summed E-state index contributed by atoms with van der Waals surface area (Å²) in [7, 11) is -3.87. The van der Waals surface area contributed by atoms with Gasteiger partial charge in [-0.2, -0.15) is 0 Å². The number of aryl methyl sites for hydroxylation is 2. The van der Waals surface area contributed by atoms with Gasteiger partial charge >= 0.3 is 0 Å². The van der Waals surface area contributed by atoms with E-state index in [1.165, 1.54) is 24.7 Å². The molecule has 2 aromatic rings. The molecular weight excluding hydrogens is 454 g/mol. The van der Waals surface area contributed by atoms with Gasteiger partial charge in [-0.1, -0.05) is 0 Å². The van der Waals surface area contributed by atoms with Crippen molar-refractivity contribution < 1.29 is 21.6 Å². The van der Waals surface area contributed by atoms with E-state index >= 15 is 0 Å². The van der Waals surface area contributed by atoms with Crippen LogP contribution in [0.3, 0.4) is 0 Å². The number of hydrogen-bond acceptors (Lipinski definition) is 6. The van der Waals surface area contributed by atoms with Gasteiger partial charge in [0.15, 0.2) is 0 Å². The summed E-state index contributed by atoms with van der Waals surface area (Å²) in [5, 5.41) is 2.94. The molecule has 1 aromatic carbocycles. The topological polar surface area (TPSA) is 122 Å². The predicted molar refractivity (Wildman–Crippen MR) is 122 cm³/mol. The first kappa shape index (κ1) is 24.6. The molecule has 32 heavy (non-hydrogen) atoms. The van der Waals surface area contributed by atoms with Gasteiger partial charge in [0.05, 0.1) is 22.2 Å². The van der Waals surface area contributed by atoms with Crippen LogP contribution in [0.25, 0.3) is 11.0 Å². The summed E-state index contributed by atoms with van der Waals surface area (Å²) in [6.45, 7) is 3.38. The minimum Gasteiger partial charge on any atom is -0.352 e. The fourth-order valence-corrected chi connectivity index (χ4v) is 5.79. The van der Waals surface area contributed by atoms with E-state index in [9.17, 15) is 21.6 Å². The number of rotatable bonds is 8. The van der Waals surface area contributed by atoms with Crippen molar-refractivity contribution in [2.45, 2.75) is 50.1 Å². The summed E-state index contributed by atoms with van der Waals surface area (Å²) in [5.41, 5.74) is 1.39. The maximum Gasteiger partial charge on any atom is 0.242 e. The Kier molecular flexibility index (Phi) is 7.28. The van der Waals surface area contributed by atoms with Gasteiger partial charge in [0.1, 0.15) is 5.82 Å². The van der Waals surface area contributed by atoms with Gasteiger partial charge in [-0.15, -0.1) is 0 Å². The third-order valence-corrected chi connectivity index (χ3v) is 8.77. The van der Waals surface area contributed by atoms with Crippen molar-refractivity contribution >= 4 is 37.0 Å². The lowest BCUT2D eigenvalue weighted by Crippen LogP contribution is -2.49. The van der Waals surface area contributed by atoms with Gasteiger partial charge in [-0.3, -0.25) is 4.79 Å². The SMILES string of the molecule is CCn1c(CCC(=O)NC2CCCN(S(C)(=O)=O)C2)nc2cc(S(=O)(=O)N(C)C)ccc21. The molecule has 0 saturated carbocycles. The number of piperidine rings is 1. The second-order valence-corrected chi connectivity index (χ2v) is 12.4. The molecule has 178 valence electrons. The van der Waals surface area contributed by atoms with Crippen LogP contribution in [0, 0.1) is 0 Å². The average Bonchev–Trinajstić information content (AvgIpc) is 3.08. The van der Waals surface area contributed by atoms with Crippen LogP contribution in [0.1, 0.15) is 32.0 Å².